The van der Waals surface area contributed by atoms with Gasteiger partial charge in [-0.2, -0.15) is 0 Å². The molecule has 1 aliphatic heterocycles. The van der Waals surface area contributed by atoms with Gasteiger partial charge in [0.1, 0.15) is 10.6 Å². The van der Waals surface area contributed by atoms with Crippen LogP contribution < -0.4 is 0 Å². The molecule has 3 atom stereocenters. The molecule has 3 aromatic carbocycles. The summed E-state index contributed by atoms with van der Waals surface area (Å²) in [5.74, 6) is 0.272. The number of nitrogens with zero attached hydrogens (tertiary/aromatic N) is 1. The highest BCUT2D eigenvalue weighted by Crippen LogP contribution is 2.67. The minimum atomic E-state index is -2.60. The molecular weight excluding hydrogens is 358 g/mol. The lowest BCUT2D eigenvalue weighted by molar-refractivity contribution is 0.369. The van der Waals surface area contributed by atoms with Crippen LogP contribution in [0.25, 0.3) is 0 Å². The summed E-state index contributed by atoms with van der Waals surface area (Å²) in [7, 11) is -2.60. The molecule has 0 bridgehead atoms. The highest BCUT2D eigenvalue weighted by atomic mass is 32.3. The van der Waals surface area contributed by atoms with Crippen LogP contribution in [-0.2, 0) is 10.1 Å². The Labute approximate surface area is 159 Å². The summed E-state index contributed by atoms with van der Waals surface area (Å²) in [5, 5.41) is 0. The Kier molecular flexibility index (Phi) is 3.82. The number of rotatable bonds is 3. The molecule has 1 unspecified atom stereocenters. The highest BCUT2D eigenvalue weighted by Gasteiger charge is 2.62. The zero-order valence-electron chi connectivity index (χ0n) is 14.2. The van der Waals surface area contributed by atoms with Crippen LogP contribution in [0.5, 0.6) is 0 Å². The summed E-state index contributed by atoms with van der Waals surface area (Å²) >= 11 is 1.76. The maximum Gasteiger partial charge on any atom is 0.173 e. The van der Waals surface area contributed by atoms with Gasteiger partial charge < -0.3 is 4.55 Å². The lowest BCUT2D eigenvalue weighted by Gasteiger charge is -2.55. The van der Waals surface area contributed by atoms with Crippen LogP contribution in [0.4, 0.5) is 5.69 Å². The van der Waals surface area contributed by atoms with E-state index >= 15 is 0 Å². The fourth-order valence-electron chi connectivity index (χ4n) is 4.05. The normalized spacial score (nSPS) is 29.0. The van der Waals surface area contributed by atoms with E-state index in [-0.39, 0.29) is 5.92 Å². The summed E-state index contributed by atoms with van der Waals surface area (Å²) in [6.45, 7) is 0. The SMILES string of the molecule is [O-][S+]1(c2ccccc2)=Nc2ccccc2[C@@H]2CC[C@@]21Sc1ccccc1. The average Bonchev–Trinajstić information content (AvgIpc) is 2.67. The molecular formula is C22H19NOS2. The van der Waals surface area contributed by atoms with Crippen LogP contribution in [-0.4, -0.2) is 8.63 Å². The van der Waals surface area contributed by atoms with Crippen LogP contribution in [0, 0.1) is 0 Å². The van der Waals surface area contributed by atoms with Gasteiger partial charge in [-0.3, -0.25) is 0 Å². The molecule has 0 amide bonds. The molecule has 4 heteroatoms. The molecule has 5 rings (SSSR count). The summed E-state index contributed by atoms with van der Waals surface area (Å²) in [4.78, 5) is 2.01. The van der Waals surface area contributed by atoms with E-state index in [9.17, 15) is 4.55 Å². The zero-order valence-corrected chi connectivity index (χ0v) is 15.9. The van der Waals surface area contributed by atoms with Crippen molar-refractivity contribution in [3.63, 3.8) is 0 Å². The first kappa shape index (κ1) is 16.3. The Bertz CT molecular complexity index is 1000. The Balaban J connectivity index is 1.74. The van der Waals surface area contributed by atoms with Gasteiger partial charge in [0.25, 0.3) is 0 Å². The van der Waals surface area contributed by atoms with E-state index in [1.54, 1.807) is 11.8 Å². The van der Waals surface area contributed by atoms with Gasteiger partial charge in [-0.1, -0.05) is 66.4 Å². The molecule has 0 spiro atoms. The fourth-order valence-corrected chi connectivity index (χ4v) is 9.15. The molecule has 0 N–H and O–H groups in total. The fraction of sp³-hybridized carbons (Fsp3) is 0.182. The largest absolute Gasteiger partial charge is 0.625 e. The van der Waals surface area contributed by atoms with Crippen molar-refractivity contribution in [3.05, 3.63) is 90.5 Å². The molecule has 2 nitrogen and oxygen atoms in total. The van der Waals surface area contributed by atoms with E-state index in [1.165, 1.54) is 5.56 Å². The van der Waals surface area contributed by atoms with Crippen molar-refractivity contribution >= 4 is 27.6 Å². The summed E-state index contributed by atoms with van der Waals surface area (Å²) < 4.78 is 19.0. The molecule has 1 aliphatic carbocycles. The molecule has 130 valence electrons. The third-order valence-electron chi connectivity index (χ3n) is 5.42. The zero-order chi connectivity index (χ0) is 17.6. The van der Waals surface area contributed by atoms with Crippen LogP contribution in [0.15, 0.2) is 99.1 Å². The Morgan fingerprint density at radius 1 is 0.885 bits per heavy atom. The average molecular weight is 378 g/mol. The predicted octanol–water partition coefficient (Wildman–Crippen LogP) is 6.22. The van der Waals surface area contributed by atoms with Crippen molar-refractivity contribution in [3.8, 4) is 0 Å². The molecule has 3 aromatic rings. The van der Waals surface area contributed by atoms with Crippen LogP contribution >= 0.6 is 11.8 Å². The van der Waals surface area contributed by atoms with E-state index < -0.39 is 14.2 Å². The van der Waals surface area contributed by atoms with Crippen molar-refractivity contribution in [2.45, 2.75) is 32.6 Å². The molecule has 2 aliphatic rings. The smallest absolute Gasteiger partial charge is 0.173 e. The molecule has 0 aromatic heterocycles. The van der Waals surface area contributed by atoms with Crippen molar-refractivity contribution in [2.75, 3.05) is 0 Å². The number of thioether (sulfide) groups is 1. The monoisotopic (exact) mass is 377 g/mol. The first-order chi connectivity index (χ1) is 12.7. The number of fused-ring (bicyclic) bond motifs is 3. The van der Waals surface area contributed by atoms with Gasteiger partial charge >= 0.3 is 0 Å². The van der Waals surface area contributed by atoms with Gasteiger partial charge in [-0.15, -0.1) is 4.36 Å². The van der Waals surface area contributed by atoms with Crippen LogP contribution in [0.3, 0.4) is 0 Å². The number of hydrogen-bond acceptors (Lipinski definition) is 3. The second kappa shape index (κ2) is 6.08. The molecule has 1 saturated carbocycles. The van der Waals surface area contributed by atoms with Crippen molar-refractivity contribution in [2.24, 2.45) is 4.36 Å². The molecule has 1 heterocycles. The van der Waals surface area contributed by atoms with E-state index in [0.717, 1.165) is 28.3 Å². The van der Waals surface area contributed by atoms with Gasteiger partial charge in [0.15, 0.2) is 4.08 Å². The second-order valence-corrected chi connectivity index (χ2v) is 10.9. The van der Waals surface area contributed by atoms with Gasteiger partial charge in [0.2, 0.25) is 0 Å². The van der Waals surface area contributed by atoms with Gasteiger partial charge in [-0.25, -0.2) is 0 Å². The van der Waals surface area contributed by atoms with Gasteiger partial charge in [-0.05, 0) is 52.4 Å². The molecule has 0 radical (unpaired) electrons. The lowest BCUT2D eigenvalue weighted by atomic mass is 9.78. The minimum Gasteiger partial charge on any atom is -0.625 e. The van der Waals surface area contributed by atoms with E-state index in [2.05, 4.69) is 24.3 Å². The highest BCUT2D eigenvalue weighted by molar-refractivity contribution is 8.18. The number of hydrogen-bond donors (Lipinski definition) is 0. The van der Waals surface area contributed by atoms with Crippen LogP contribution in [0.1, 0.15) is 24.3 Å². The Morgan fingerprint density at radius 2 is 1.54 bits per heavy atom. The predicted molar refractivity (Wildman–Crippen MR) is 108 cm³/mol. The quantitative estimate of drug-likeness (QED) is 0.508. The van der Waals surface area contributed by atoms with Crippen LogP contribution in [0.2, 0.25) is 0 Å². The Morgan fingerprint density at radius 3 is 2.23 bits per heavy atom. The van der Waals surface area contributed by atoms with Crippen molar-refractivity contribution in [1.29, 1.82) is 0 Å². The topological polar surface area (TPSA) is 35.4 Å². The molecule has 0 saturated heterocycles. The molecule has 26 heavy (non-hydrogen) atoms. The third-order valence-corrected chi connectivity index (χ3v) is 10.5. The summed E-state index contributed by atoms with van der Waals surface area (Å²) in [6.07, 6.45) is 1.99. The van der Waals surface area contributed by atoms with E-state index in [1.807, 2.05) is 60.7 Å². The first-order valence-electron chi connectivity index (χ1n) is 8.88. The van der Waals surface area contributed by atoms with Gasteiger partial charge in [0, 0.05) is 17.2 Å². The third kappa shape index (κ3) is 2.26. The van der Waals surface area contributed by atoms with Crippen molar-refractivity contribution < 1.29 is 4.55 Å². The first-order valence-corrected chi connectivity index (χ1v) is 11.2. The summed E-state index contributed by atoms with van der Waals surface area (Å²) in [5.41, 5.74) is 2.15. The Hall–Kier alpha value is -1.88. The van der Waals surface area contributed by atoms with Crippen molar-refractivity contribution in [1.82, 2.24) is 0 Å². The summed E-state index contributed by atoms with van der Waals surface area (Å²) in [6, 6.07) is 28.4. The second-order valence-electron chi connectivity index (χ2n) is 6.81. The van der Waals surface area contributed by atoms with E-state index in [4.69, 9.17) is 4.36 Å². The standard InChI is InChI=1S/C22H19NOS2/c24-26(18-11-5-2-6-12-18)22(25-17-9-3-1-4-10-17)16-15-20(22)19-13-7-8-14-21(19)23-26/h1-14,20H,15-16H2/t20-,22-,26?/m0/s1. The lowest BCUT2D eigenvalue weighted by Crippen LogP contribution is -2.53. The van der Waals surface area contributed by atoms with E-state index in [0.29, 0.717) is 0 Å². The minimum absolute atomic E-state index is 0.272. The molecule has 1 fully saturated rings. The van der Waals surface area contributed by atoms with Gasteiger partial charge in [0.05, 0.1) is 0 Å². The number of benzene rings is 3. The maximum absolute atomic E-state index is 14.5. The maximum atomic E-state index is 14.5.